The minimum absolute atomic E-state index is 0. The molecule has 27 heavy (non-hydrogen) atoms. The number of nitrogens with zero attached hydrogens (tertiary/aromatic N) is 1. The largest absolute Gasteiger partial charge is 0.336 e. The number of piperidine rings is 2. The third kappa shape index (κ3) is 5.23. The van der Waals surface area contributed by atoms with Crippen molar-refractivity contribution < 1.29 is 9.59 Å². The van der Waals surface area contributed by atoms with Gasteiger partial charge in [0.05, 0.1) is 0 Å². The summed E-state index contributed by atoms with van der Waals surface area (Å²) in [6, 6.07) is 6.31. The van der Waals surface area contributed by atoms with Gasteiger partial charge in [-0.1, -0.05) is 0 Å². The quantitative estimate of drug-likeness (QED) is 0.821. The number of carbonyl (C=O) groups excluding carboxylic acids is 2. The van der Waals surface area contributed by atoms with Crippen LogP contribution < -0.4 is 10.6 Å². The number of hydrogen-bond acceptors (Lipinski definition) is 3. The first kappa shape index (κ1) is 21.7. The summed E-state index contributed by atoms with van der Waals surface area (Å²) >= 11 is 0. The summed E-state index contributed by atoms with van der Waals surface area (Å²) in [5.74, 6) is 0.247. The first-order valence-electron chi connectivity index (χ1n) is 9.91. The molecular weight excluding hydrogens is 362 g/mol. The van der Waals surface area contributed by atoms with Crippen LogP contribution in [0.3, 0.4) is 0 Å². The SMILES string of the molecule is Cc1cc(C(=O)N2CCCCC2C)ccc1NC(=O)[C@H]1CCN[C@@H](C)C1.Cl. The molecule has 1 unspecified atom stereocenters. The monoisotopic (exact) mass is 393 g/mol. The van der Waals surface area contributed by atoms with Crippen molar-refractivity contribution in [3.05, 3.63) is 29.3 Å². The molecule has 2 aliphatic heterocycles. The predicted octanol–water partition coefficient (Wildman–Crippen LogP) is 3.76. The molecule has 150 valence electrons. The molecule has 2 amide bonds. The van der Waals surface area contributed by atoms with Crippen LogP contribution in [-0.2, 0) is 4.79 Å². The smallest absolute Gasteiger partial charge is 0.254 e. The number of carbonyl (C=O) groups is 2. The number of rotatable bonds is 3. The maximum absolute atomic E-state index is 12.8. The highest BCUT2D eigenvalue weighted by Crippen LogP contribution is 2.24. The Balaban J connectivity index is 0.00000261. The standard InChI is InChI=1S/C21H31N3O2.ClH/c1-14-12-18(21(26)24-11-5-4-6-16(24)3)7-8-19(14)23-20(25)17-9-10-22-15(2)13-17;/h7-8,12,15-17,22H,4-6,9-11,13H2,1-3H3,(H,23,25);1H/t15-,16?,17-;/m0./s1. The average Bonchev–Trinajstić information content (AvgIpc) is 2.63. The minimum atomic E-state index is 0. The number of benzene rings is 1. The van der Waals surface area contributed by atoms with Crippen LogP contribution in [0, 0.1) is 12.8 Å². The van der Waals surface area contributed by atoms with E-state index in [9.17, 15) is 9.59 Å². The molecule has 2 N–H and O–H groups in total. The maximum Gasteiger partial charge on any atom is 0.254 e. The highest BCUT2D eigenvalue weighted by Gasteiger charge is 2.26. The molecule has 3 rings (SSSR count). The molecule has 0 aliphatic carbocycles. The fraction of sp³-hybridized carbons (Fsp3) is 0.619. The van der Waals surface area contributed by atoms with Crippen LogP contribution >= 0.6 is 12.4 Å². The fourth-order valence-corrected chi connectivity index (χ4v) is 4.11. The van der Waals surface area contributed by atoms with Gasteiger partial charge in [-0.3, -0.25) is 9.59 Å². The van der Waals surface area contributed by atoms with Crippen LogP contribution in [0.15, 0.2) is 18.2 Å². The third-order valence-electron chi connectivity index (χ3n) is 5.79. The van der Waals surface area contributed by atoms with Gasteiger partial charge in [0.25, 0.3) is 5.91 Å². The lowest BCUT2D eigenvalue weighted by Crippen LogP contribution is -2.42. The number of halogens is 1. The van der Waals surface area contributed by atoms with Crippen LogP contribution in [0.2, 0.25) is 0 Å². The molecule has 2 fully saturated rings. The molecule has 1 aromatic carbocycles. The average molecular weight is 394 g/mol. The van der Waals surface area contributed by atoms with Crippen molar-refractivity contribution in [1.82, 2.24) is 10.2 Å². The fourth-order valence-electron chi connectivity index (χ4n) is 4.11. The van der Waals surface area contributed by atoms with E-state index in [0.717, 1.165) is 50.0 Å². The van der Waals surface area contributed by atoms with E-state index < -0.39 is 0 Å². The van der Waals surface area contributed by atoms with Crippen molar-refractivity contribution in [1.29, 1.82) is 0 Å². The zero-order chi connectivity index (χ0) is 18.7. The van der Waals surface area contributed by atoms with E-state index >= 15 is 0 Å². The van der Waals surface area contributed by atoms with Crippen LogP contribution in [-0.4, -0.2) is 41.9 Å². The summed E-state index contributed by atoms with van der Waals surface area (Å²) in [5, 5.41) is 6.44. The van der Waals surface area contributed by atoms with E-state index in [4.69, 9.17) is 0 Å². The minimum Gasteiger partial charge on any atom is -0.336 e. The van der Waals surface area contributed by atoms with E-state index in [-0.39, 0.29) is 30.1 Å². The van der Waals surface area contributed by atoms with Crippen LogP contribution in [0.1, 0.15) is 61.9 Å². The van der Waals surface area contributed by atoms with Gasteiger partial charge in [0.15, 0.2) is 0 Å². The van der Waals surface area contributed by atoms with Crippen molar-refractivity contribution in [2.45, 2.75) is 65.0 Å². The summed E-state index contributed by atoms with van der Waals surface area (Å²) in [7, 11) is 0. The van der Waals surface area contributed by atoms with Crippen molar-refractivity contribution in [2.75, 3.05) is 18.4 Å². The lowest BCUT2D eigenvalue weighted by atomic mass is 9.92. The van der Waals surface area contributed by atoms with E-state index in [0.29, 0.717) is 17.6 Å². The molecule has 3 atom stereocenters. The third-order valence-corrected chi connectivity index (χ3v) is 5.79. The maximum atomic E-state index is 12.8. The van der Waals surface area contributed by atoms with Crippen molar-refractivity contribution >= 4 is 29.9 Å². The second-order valence-electron chi connectivity index (χ2n) is 7.94. The summed E-state index contributed by atoms with van der Waals surface area (Å²) in [6.45, 7) is 7.92. The topological polar surface area (TPSA) is 61.4 Å². The summed E-state index contributed by atoms with van der Waals surface area (Å²) in [6.07, 6.45) is 5.10. The molecule has 2 saturated heterocycles. The van der Waals surface area contributed by atoms with Gasteiger partial charge in [-0.2, -0.15) is 0 Å². The molecule has 0 saturated carbocycles. The van der Waals surface area contributed by atoms with Gasteiger partial charge in [0, 0.05) is 35.8 Å². The Kier molecular flexibility index (Phi) is 7.68. The van der Waals surface area contributed by atoms with Gasteiger partial charge >= 0.3 is 0 Å². The molecule has 0 aromatic heterocycles. The van der Waals surface area contributed by atoms with Gasteiger partial charge in [-0.25, -0.2) is 0 Å². The Morgan fingerprint density at radius 2 is 1.96 bits per heavy atom. The zero-order valence-electron chi connectivity index (χ0n) is 16.6. The number of anilines is 1. The number of likely N-dealkylation sites (tertiary alicyclic amines) is 1. The molecule has 1 aromatic rings. The van der Waals surface area contributed by atoms with E-state index in [1.165, 1.54) is 6.42 Å². The molecule has 2 aliphatic rings. The summed E-state index contributed by atoms with van der Waals surface area (Å²) in [4.78, 5) is 27.4. The van der Waals surface area contributed by atoms with Crippen LogP contribution in [0.5, 0.6) is 0 Å². The number of nitrogens with one attached hydrogen (secondary N) is 2. The Bertz CT molecular complexity index is 679. The molecule has 6 heteroatoms. The van der Waals surface area contributed by atoms with Crippen LogP contribution in [0.25, 0.3) is 0 Å². The van der Waals surface area contributed by atoms with Crippen molar-refractivity contribution in [3.8, 4) is 0 Å². The number of amides is 2. The molecule has 0 radical (unpaired) electrons. The highest BCUT2D eigenvalue weighted by atomic mass is 35.5. The van der Waals surface area contributed by atoms with Crippen molar-refractivity contribution in [3.63, 3.8) is 0 Å². The molecule has 5 nitrogen and oxygen atoms in total. The Morgan fingerprint density at radius 1 is 1.19 bits per heavy atom. The zero-order valence-corrected chi connectivity index (χ0v) is 17.4. The van der Waals surface area contributed by atoms with E-state index in [1.54, 1.807) is 0 Å². The normalized spacial score (nSPS) is 25.4. The van der Waals surface area contributed by atoms with Gasteiger partial charge in [0.1, 0.15) is 0 Å². The second kappa shape index (κ2) is 9.56. The Morgan fingerprint density at radius 3 is 2.63 bits per heavy atom. The highest BCUT2D eigenvalue weighted by molar-refractivity contribution is 5.97. The van der Waals surface area contributed by atoms with Gasteiger partial charge in [-0.15, -0.1) is 12.4 Å². The van der Waals surface area contributed by atoms with Crippen molar-refractivity contribution in [2.24, 2.45) is 5.92 Å². The summed E-state index contributed by atoms with van der Waals surface area (Å²) in [5.41, 5.74) is 2.46. The Hall–Kier alpha value is -1.59. The van der Waals surface area contributed by atoms with E-state index in [2.05, 4.69) is 24.5 Å². The molecular formula is C21H32ClN3O2. The van der Waals surface area contributed by atoms with Gasteiger partial charge in [0.2, 0.25) is 5.91 Å². The Labute approximate surface area is 168 Å². The molecule has 2 heterocycles. The predicted molar refractivity (Wildman–Crippen MR) is 112 cm³/mol. The number of aryl methyl sites for hydroxylation is 1. The van der Waals surface area contributed by atoms with E-state index in [1.807, 2.05) is 30.0 Å². The van der Waals surface area contributed by atoms with Gasteiger partial charge in [-0.05, 0) is 83.2 Å². The lowest BCUT2D eigenvalue weighted by Gasteiger charge is -2.33. The second-order valence-corrected chi connectivity index (χ2v) is 7.94. The first-order chi connectivity index (χ1) is 12.5. The molecule has 0 spiro atoms. The number of hydrogen-bond donors (Lipinski definition) is 2. The molecule has 0 bridgehead atoms. The lowest BCUT2D eigenvalue weighted by molar-refractivity contribution is -0.120. The summed E-state index contributed by atoms with van der Waals surface area (Å²) < 4.78 is 0. The van der Waals surface area contributed by atoms with Crippen LogP contribution in [0.4, 0.5) is 5.69 Å². The van der Waals surface area contributed by atoms with Gasteiger partial charge < -0.3 is 15.5 Å². The first-order valence-corrected chi connectivity index (χ1v) is 9.91.